The van der Waals surface area contributed by atoms with Crippen LogP contribution in [0.4, 0.5) is 21.9 Å². The summed E-state index contributed by atoms with van der Waals surface area (Å²) in [6.45, 7) is 3.89. The summed E-state index contributed by atoms with van der Waals surface area (Å²) in [6.07, 6.45) is 14.6. The number of fused-ring (bicyclic) bond motifs is 3. The molecule has 1 aromatic heterocycles. The zero-order valence-corrected chi connectivity index (χ0v) is 26.5. The van der Waals surface area contributed by atoms with Gasteiger partial charge in [-0.15, -0.1) is 0 Å². The molecule has 0 saturated carbocycles. The maximum Gasteiger partial charge on any atom is 0.412 e. The number of benzene rings is 2. The van der Waals surface area contributed by atoms with E-state index < -0.39 is 11.0 Å². The van der Waals surface area contributed by atoms with Gasteiger partial charge in [0.15, 0.2) is 5.52 Å². The first-order valence-electron chi connectivity index (χ1n) is 16.4. The lowest BCUT2D eigenvalue weighted by Crippen LogP contribution is -2.54. The second-order valence-electron chi connectivity index (χ2n) is 12.4. The Morgan fingerprint density at radius 2 is 1.67 bits per heavy atom. The van der Waals surface area contributed by atoms with E-state index in [9.17, 15) is 14.9 Å². The molecular formula is C33H46N6O6. The first-order chi connectivity index (χ1) is 21.9. The minimum atomic E-state index is -0.477. The minimum Gasteiger partial charge on any atom is -0.495 e. The topological polar surface area (TPSA) is 145 Å². The number of nitrogens with one attached hydrogen (secondary N) is 2. The molecule has 0 spiro atoms. The molecule has 0 aliphatic carbocycles. The molecule has 2 aliphatic heterocycles. The van der Waals surface area contributed by atoms with Gasteiger partial charge in [0, 0.05) is 37.5 Å². The number of carbonyl (C=O) groups excluding carboxylic acids is 1. The molecule has 12 nitrogen and oxygen atoms in total. The first-order valence-corrected chi connectivity index (χ1v) is 16.4. The summed E-state index contributed by atoms with van der Waals surface area (Å²) >= 11 is 0. The number of nitrogens with zero attached hydrogens (tertiary/aromatic N) is 4. The van der Waals surface area contributed by atoms with Gasteiger partial charge in [0.2, 0.25) is 5.52 Å². The van der Waals surface area contributed by atoms with E-state index in [1.54, 1.807) is 13.2 Å². The molecule has 12 heteroatoms. The third-order valence-electron chi connectivity index (χ3n) is 9.20. The van der Waals surface area contributed by atoms with Gasteiger partial charge < -0.3 is 14.8 Å². The molecule has 1 amide bonds. The van der Waals surface area contributed by atoms with Gasteiger partial charge >= 0.3 is 11.8 Å². The van der Waals surface area contributed by atoms with Crippen molar-refractivity contribution in [2.45, 2.75) is 109 Å². The van der Waals surface area contributed by atoms with Gasteiger partial charge in [-0.25, -0.2) is 9.42 Å². The zero-order valence-electron chi connectivity index (χ0n) is 26.5. The molecule has 2 aromatic carbocycles. The maximum absolute atomic E-state index is 12.7. The highest BCUT2D eigenvalue weighted by Gasteiger charge is 2.39. The number of nitro groups is 1. The van der Waals surface area contributed by atoms with Crippen LogP contribution in [0.3, 0.4) is 0 Å². The van der Waals surface area contributed by atoms with Gasteiger partial charge in [-0.1, -0.05) is 51.0 Å². The number of rotatable bonds is 16. The zero-order chi connectivity index (χ0) is 31.6. The van der Waals surface area contributed by atoms with Crippen molar-refractivity contribution in [3.8, 4) is 5.75 Å². The minimum absolute atomic E-state index is 0.0444. The molecule has 2 atom stereocenters. The number of hydrogen-bond donors (Lipinski definition) is 2. The standard InChI is InChI=1S/C33H46N6O6/c1-23-14-17-30(43-2)28(20-23)35-33(40)44-26-21-24-12-11-13-25(22-26)38(24)19-10-8-6-4-3-5-7-9-18-34-27-15-16-29(39(41)42)32-31(27)36-45-37-32/h14-17,20,24-26,34H,3-13,18-19,21-22H2,1-2H3,(H,35,40). The molecule has 3 aromatic rings. The van der Waals surface area contributed by atoms with Gasteiger partial charge in [0.05, 0.1) is 23.4 Å². The number of aromatic nitrogens is 2. The number of ether oxygens (including phenoxy) is 2. The Labute approximate surface area is 264 Å². The van der Waals surface area contributed by atoms with E-state index in [1.807, 2.05) is 25.1 Å². The van der Waals surface area contributed by atoms with Gasteiger partial charge in [-0.3, -0.25) is 20.3 Å². The predicted octanol–water partition coefficient (Wildman–Crippen LogP) is 7.61. The van der Waals surface area contributed by atoms with Gasteiger partial charge in [0.25, 0.3) is 0 Å². The Kier molecular flexibility index (Phi) is 11.5. The number of aryl methyl sites for hydroxylation is 1. The van der Waals surface area contributed by atoms with Crippen LogP contribution < -0.4 is 15.4 Å². The summed E-state index contributed by atoms with van der Waals surface area (Å²) in [5, 5.41) is 24.8. The van der Waals surface area contributed by atoms with Gasteiger partial charge in [0.1, 0.15) is 11.9 Å². The van der Waals surface area contributed by atoms with Crippen LogP contribution >= 0.6 is 0 Å². The van der Waals surface area contributed by atoms with Gasteiger partial charge in [-0.05, 0) is 73.2 Å². The number of carbonyl (C=O) groups is 1. The third kappa shape index (κ3) is 8.62. The lowest BCUT2D eigenvalue weighted by molar-refractivity contribution is -0.383. The molecule has 2 bridgehead atoms. The number of methoxy groups -OCH3 is 1. The Bertz CT molecular complexity index is 1420. The summed E-state index contributed by atoms with van der Waals surface area (Å²) in [6, 6.07) is 9.81. The van der Waals surface area contributed by atoms with E-state index in [0.717, 1.165) is 44.3 Å². The highest BCUT2D eigenvalue weighted by molar-refractivity contribution is 5.93. The highest BCUT2D eigenvalue weighted by Crippen LogP contribution is 2.36. The second-order valence-corrected chi connectivity index (χ2v) is 12.4. The fraction of sp³-hybridized carbons (Fsp3) is 0.606. The average Bonchev–Trinajstić information content (AvgIpc) is 3.50. The number of anilines is 2. The van der Waals surface area contributed by atoms with Crippen LogP contribution in [0.5, 0.6) is 5.75 Å². The quantitative estimate of drug-likeness (QED) is 0.0929. The molecule has 2 unspecified atom stereocenters. The number of non-ortho nitro benzene ring substituents is 1. The molecular weight excluding hydrogens is 576 g/mol. The van der Waals surface area contributed by atoms with E-state index in [2.05, 4.69) is 25.8 Å². The molecule has 45 heavy (non-hydrogen) atoms. The Balaban J connectivity index is 0.926. The van der Waals surface area contributed by atoms with Crippen LogP contribution in [0.2, 0.25) is 0 Å². The molecule has 2 aliphatic rings. The predicted molar refractivity (Wildman–Crippen MR) is 173 cm³/mol. The molecule has 3 heterocycles. The lowest BCUT2D eigenvalue weighted by Gasteiger charge is -2.48. The van der Waals surface area contributed by atoms with Crippen LogP contribution in [-0.4, -0.2) is 64.6 Å². The van der Waals surface area contributed by atoms with Crippen LogP contribution in [0.1, 0.15) is 89.0 Å². The summed E-state index contributed by atoms with van der Waals surface area (Å²) < 4.78 is 16.0. The van der Waals surface area contributed by atoms with Crippen LogP contribution in [0.25, 0.3) is 11.0 Å². The first kappa shape index (κ1) is 32.5. The maximum atomic E-state index is 12.7. The van der Waals surface area contributed by atoms with E-state index in [-0.39, 0.29) is 17.3 Å². The Hall–Kier alpha value is -3.93. The van der Waals surface area contributed by atoms with Gasteiger partial charge in [-0.2, -0.15) is 0 Å². The average molecular weight is 623 g/mol. The molecule has 0 radical (unpaired) electrons. The van der Waals surface area contributed by atoms with Crippen molar-refractivity contribution < 1.29 is 23.8 Å². The fourth-order valence-electron chi connectivity index (χ4n) is 6.95. The van der Waals surface area contributed by atoms with Crippen molar-refractivity contribution in [2.24, 2.45) is 0 Å². The molecule has 5 rings (SSSR count). The molecule has 244 valence electrons. The van der Waals surface area contributed by atoms with Crippen molar-refractivity contribution >= 4 is 34.2 Å². The van der Waals surface area contributed by atoms with Crippen molar-refractivity contribution in [1.82, 2.24) is 15.2 Å². The van der Waals surface area contributed by atoms with Crippen LogP contribution in [0.15, 0.2) is 35.0 Å². The smallest absolute Gasteiger partial charge is 0.412 e. The van der Waals surface area contributed by atoms with Crippen molar-refractivity contribution in [3.05, 3.63) is 46.0 Å². The van der Waals surface area contributed by atoms with Crippen molar-refractivity contribution in [3.63, 3.8) is 0 Å². The number of unbranched alkanes of at least 4 members (excludes halogenated alkanes) is 7. The fourth-order valence-corrected chi connectivity index (χ4v) is 6.95. The Morgan fingerprint density at radius 3 is 2.38 bits per heavy atom. The molecule has 2 fully saturated rings. The Morgan fingerprint density at radius 1 is 0.978 bits per heavy atom. The monoisotopic (exact) mass is 622 g/mol. The van der Waals surface area contributed by atoms with E-state index in [0.29, 0.717) is 34.7 Å². The second kappa shape index (κ2) is 15.9. The summed E-state index contributed by atoms with van der Waals surface area (Å²) in [5.74, 6) is 0.631. The van der Waals surface area contributed by atoms with Crippen LogP contribution in [0, 0.1) is 17.0 Å². The van der Waals surface area contributed by atoms with Crippen LogP contribution in [-0.2, 0) is 4.74 Å². The number of piperidine rings is 2. The highest BCUT2D eigenvalue weighted by atomic mass is 16.6. The summed E-state index contributed by atoms with van der Waals surface area (Å²) in [4.78, 5) is 26.1. The van der Waals surface area contributed by atoms with E-state index in [4.69, 9.17) is 14.1 Å². The SMILES string of the molecule is COc1ccc(C)cc1NC(=O)OC1CC2CCCC(C1)N2CCCCCCCCCCNc1ccc([N+](=O)[O-])c2nonc12. The van der Waals surface area contributed by atoms with Crippen molar-refractivity contribution in [2.75, 3.05) is 30.8 Å². The number of nitro benzene ring substituents is 1. The largest absolute Gasteiger partial charge is 0.495 e. The normalized spacial score (nSPS) is 19.7. The summed E-state index contributed by atoms with van der Waals surface area (Å²) in [5.41, 5.74) is 2.87. The number of amides is 1. The molecule has 2 N–H and O–H groups in total. The van der Waals surface area contributed by atoms with Crippen molar-refractivity contribution in [1.29, 1.82) is 0 Å². The van der Waals surface area contributed by atoms with E-state index in [1.165, 1.54) is 63.9 Å². The lowest BCUT2D eigenvalue weighted by atomic mass is 9.82. The summed E-state index contributed by atoms with van der Waals surface area (Å²) in [7, 11) is 1.60. The van der Waals surface area contributed by atoms with E-state index >= 15 is 0 Å². The number of hydrogen-bond acceptors (Lipinski definition) is 10. The molecule has 2 saturated heterocycles. The third-order valence-corrected chi connectivity index (χ3v) is 9.20.